The van der Waals surface area contributed by atoms with Gasteiger partial charge in [-0.3, -0.25) is 5.43 Å². The molecule has 1 N–H and O–H groups in total. The lowest BCUT2D eigenvalue weighted by Gasteiger charge is -2.17. The van der Waals surface area contributed by atoms with Gasteiger partial charge in [-0.1, -0.05) is 13.3 Å². The smallest absolute Gasteiger partial charge is 0.116 e. The van der Waals surface area contributed by atoms with Crippen molar-refractivity contribution in [3.05, 3.63) is 0 Å². The molecular formula is C6H13N3. The van der Waals surface area contributed by atoms with E-state index in [9.17, 15) is 0 Å². The van der Waals surface area contributed by atoms with Gasteiger partial charge in [-0.15, -0.1) is 0 Å². The highest BCUT2D eigenvalue weighted by atomic mass is 15.5. The Morgan fingerprint density at radius 2 is 2.56 bits per heavy atom. The van der Waals surface area contributed by atoms with E-state index in [-0.39, 0.29) is 0 Å². The fraction of sp³-hybridized carbons (Fsp3) is 0.833. The molecule has 0 aliphatic carbocycles. The van der Waals surface area contributed by atoms with E-state index in [1.807, 2.05) is 13.4 Å². The lowest BCUT2D eigenvalue weighted by atomic mass is 10.3. The van der Waals surface area contributed by atoms with Crippen molar-refractivity contribution in [3.8, 4) is 0 Å². The first-order chi connectivity index (χ1) is 4.34. The van der Waals surface area contributed by atoms with E-state index in [2.05, 4.69) is 22.4 Å². The number of nitrogens with zero attached hydrogens (tertiary/aromatic N) is 2. The van der Waals surface area contributed by atoms with Gasteiger partial charge >= 0.3 is 0 Å². The molecule has 3 heteroatoms. The zero-order chi connectivity index (χ0) is 6.69. The van der Waals surface area contributed by atoms with Gasteiger partial charge in [0.2, 0.25) is 0 Å². The molecule has 0 bridgehead atoms. The van der Waals surface area contributed by atoms with Gasteiger partial charge in [-0.05, 0) is 6.42 Å². The summed E-state index contributed by atoms with van der Waals surface area (Å²) >= 11 is 0. The van der Waals surface area contributed by atoms with Crippen LogP contribution in [0.1, 0.15) is 19.8 Å². The molecule has 1 unspecified atom stereocenters. The molecule has 0 fully saturated rings. The molecule has 52 valence electrons. The normalized spacial score (nSPS) is 24.7. The Morgan fingerprint density at radius 3 is 3.00 bits per heavy atom. The Hall–Kier alpha value is -0.730. The monoisotopic (exact) mass is 127 g/mol. The maximum atomic E-state index is 3.92. The molecule has 0 saturated heterocycles. The number of nitrogens with one attached hydrogen (secondary N) is 1. The number of hydrazone groups is 1. The summed E-state index contributed by atoms with van der Waals surface area (Å²) in [6.45, 7) is 2.17. The first-order valence-electron chi connectivity index (χ1n) is 3.35. The van der Waals surface area contributed by atoms with Crippen molar-refractivity contribution >= 4 is 6.34 Å². The third kappa shape index (κ3) is 1.34. The van der Waals surface area contributed by atoms with Gasteiger partial charge in [0, 0.05) is 7.05 Å². The highest BCUT2D eigenvalue weighted by molar-refractivity contribution is 5.56. The second-order valence-corrected chi connectivity index (χ2v) is 2.34. The number of hydrogen-bond acceptors (Lipinski definition) is 3. The van der Waals surface area contributed by atoms with Crippen molar-refractivity contribution in [2.45, 2.75) is 25.9 Å². The highest BCUT2D eigenvalue weighted by Gasteiger charge is 2.13. The van der Waals surface area contributed by atoms with Gasteiger partial charge in [-0.2, -0.15) is 5.10 Å². The molecule has 0 spiro atoms. The first kappa shape index (κ1) is 6.39. The summed E-state index contributed by atoms with van der Waals surface area (Å²) in [5.41, 5.74) is 3.00. The molecule has 1 rings (SSSR count). The first-order valence-corrected chi connectivity index (χ1v) is 3.35. The van der Waals surface area contributed by atoms with Gasteiger partial charge in [-0.25, -0.2) is 0 Å². The molecule has 1 heterocycles. The zero-order valence-corrected chi connectivity index (χ0v) is 5.96. The summed E-state index contributed by atoms with van der Waals surface area (Å²) in [4.78, 5) is 2.09. The van der Waals surface area contributed by atoms with E-state index in [0.717, 1.165) is 6.42 Å². The van der Waals surface area contributed by atoms with Gasteiger partial charge in [0.05, 0.1) is 0 Å². The Morgan fingerprint density at radius 1 is 1.78 bits per heavy atom. The second-order valence-electron chi connectivity index (χ2n) is 2.34. The van der Waals surface area contributed by atoms with Crippen LogP contribution >= 0.6 is 0 Å². The summed E-state index contributed by atoms with van der Waals surface area (Å²) in [7, 11) is 2.03. The van der Waals surface area contributed by atoms with Crippen LogP contribution in [0.15, 0.2) is 5.10 Å². The second kappa shape index (κ2) is 2.71. The van der Waals surface area contributed by atoms with Crippen LogP contribution in [-0.2, 0) is 0 Å². The van der Waals surface area contributed by atoms with Crippen LogP contribution < -0.4 is 5.43 Å². The summed E-state index contributed by atoms with van der Waals surface area (Å²) in [6.07, 6.45) is 4.62. The minimum Gasteiger partial charge on any atom is -0.343 e. The Bertz CT molecular complexity index is 111. The van der Waals surface area contributed by atoms with Gasteiger partial charge in [0.1, 0.15) is 12.5 Å². The van der Waals surface area contributed by atoms with Crippen LogP contribution in [0.2, 0.25) is 0 Å². The average molecular weight is 127 g/mol. The summed E-state index contributed by atoms with van der Waals surface area (Å²) in [6, 6.07) is 0. The predicted molar refractivity (Wildman–Crippen MR) is 38.1 cm³/mol. The van der Waals surface area contributed by atoms with Crippen LogP contribution in [0.3, 0.4) is 0 Å². The minimum atomic E-state index is 0.440. The largest absolute Gasteiger partial charge is 0.343 e. The molecule has 0 aromatic carbocycles. The molecule has 0 saturated carbocycles. The van der Waals surface area contributed by atoms with Crippen LogP contribution in [0, 0.1) is 0 Å². The van der Waals surface area contributed by atoms with E-state index in [0.29, 0.717) is 6.17 Å². The third-order valence-corrected chi connectivity index (χ3v) is 1.52. The highest BCUT2D eigenvalue weighted by Crippen LogP contribution is 2.02. The minimum absolute atomic E-state index is 0.440. The molecule has 1 atom stereocenters. The molecule has 0 amide bonds. The maximum Gasteiger partial charge on any atom is 0.116 e. The Kier molecular flexibility index (Phi) is 1.92. The van der Waals surface area contributed by atoms with Crippen molar-refractivity contribution in [2.75, 3.05) is 7.05 Å². The zero-order valence-electron chi connectivity index (χ0n) is 5.96. The van der Waals surface area contributed by atoms with Crippen LogP contribution in [0.4, 0.5) is 0 Å². The molecule has 1 aliphatic heterocycles. The topological polar surface area (TPSA) is 27.6 Å². The van der Waals surface area contributed by atoms with E-state index in [1.165, 1.54) is 6.42 Å². The summed E-state index contributed by atoms with van der Waals surface area (Å²) < 4.78 is 0. The molecule has 0 aromatic rings. The van der Waals surface area contributed by atoms with E-state index < -0.39 is 0 Å². The van der Waals surface area contributed by atoms with Crippen molar-refractivity contribution in [1.82, 2.24) is 10.3 Å². The van der Waals surface area contributed by atoms with Gasteiger partial charge < -0.3 is 4.90 Å². The third-order valence-electron chi connectivity index (χ3n) is 1.52. The number of hydrogen-bond donors (Lipinski definition) is 1. The maximum absolute atomic E-state index is 3.92. The van der Waals surface area contributed by atoms with E-state index in [4.69, 9.17) is 0 Å². The van der Waals surface area contributed by atoms with Crippen LogP contribution in [0.25, 0.3) is 0 Å². The van der Waals surface area contributed by atoms with Crippen LogP contribution in [-0.4, -0.2) is 24.5 Å². The van der Waals surface area contributed by atoms with Crippen molar-refractivity contribution in [1.29, 1.82) is 0 Å². The lowest BCUT2D eigenvalue weighted by molar-refractivity contribution is 0.331. The van der Waals surface area contributed by atoms with Gasteiger partial charge in [0.25, 0.3) is 0 Å². The van der Waals surface area contributed by atoms with Crippen LogP contribution in [0.5, 0.6) is 0 Å². The Labute approximate surface area is 55.7 Å². The lowest BCUT2D eigenvalue weighted by Crippen LogP contribution is -2.33. The molecule has 3 nitrogen and oxygen atoms in total. The van der Waals surface area contributed by atoms with Gasteiger partial charge in [0.15, 0.2) is 0 Å². The summed E-state index contributed by atoms with van der Waals surface area (Å²) in [5, 5.41) is 3.92. The Balaban J connectivity index is 2.28. The van der Waals surface area contributed by atoms with Crippen molar-refractivity contribution in [3.63, 3.8) is 0 Å². The summed E-state index contributed by atoms with van der Waals surface area (Å²) in [5.74, 6) is 0. The van der Waals surface area contributed by atoms with Crippen molar-refractivity contribution in [2.24, 2.45) is 5.10 Å². The average Bonchev–Trinajstić information content (AvgIpc) is 2.18. The molecule has 9 heavy (non-hydrogen) atoms. The molecule has 0 aromatic heterocycles. The standard InChI is InChI=1S/C6H13N3/c1-3-4-6-8-7-5-9(6)2/h5-6,8H,3-4H2,1-2H3. The predicted octanol–water partition coefficient (Wildman–Crippen LogP) is 0.591. The molecular weight excluding hydrogens is 114 g/mol. The molecule has 1 aliphatic rings. The van der Waals surface area contributed by atoms with E-state index >= 15 is 0 Å². The van der Waals surface area contributed by atoms with E-state index in [1.54, 1.807) is 0 Å². The SMILES string of the molecule is CCCC1NN=CN1C. The quantitative estimate of drug-likeness (QED) is 0.588. The number of rotatable bonds is 2. The van der Waals surface area contributed by atoms with Crippen molar-refractivity contribution < 1.29 is 0 Å². The fourth-order valence-electron chi connectivity index (χ4n) is 0.924. The fourth-order valence-corrected chi connectivity index (χ4v) is 0.924. The molecule has 0 radical (unpaired) electrons.